The SMILES string of the molecule is C#N.C#N.C#N.C#N.C#N.C#N. The van der Waals surface area contributed by atoms with Gasteiger partial charge in [-0.1, -0.05) is 0 Å². The minimum absolute atomic E-state index is 3.50. The first-order valence-corrected chi connectivity index (χ1v) is 1.55. The highest BCUT2D eigenvalue weighted by Crippen LogP contribution is 0.596. The molecule has 0 amide bonds. The summed E-state index contributed by atoms with van der Waals surface area (Å²) >= 11 is 0. The minimum atomic E-state index is 3.50. The second-order valence-corrected chi connectivity index (χ2v) is 0. The number of nitriles is 6. The Balaban J connectivity index is -0.00000000900. The van der Waals surface area contributed by atoms with Gasteiger partial charge in [-0.15, -0.1) is 0 Å². The molecule has 0 saturated heterocycles. The lowest BCUT2D eigenvalue weighted by atomic mass is 11.9. The summed E-state index contributed by atoms with van der Waals surface area (Å²) in [6.45, 7) is 21.0. The van der Waals surface area contributed by atoms with Crippen LogP contribution in [0, 0.1) is 71.0 Å². The van der Waals surface area contributed by atoms with Crippen LogP contribution in [0.2, 0.25) is 0 Å². The molecule has 0 saturated carbocycles. The van der Waals surface area contributed by atoms with Crippen molar-refractivity contribution in [3.05, 3.63) is 0 Å². The molecule has 0 bridgehead atoms. The zero-order valence-corrected chi connectivity index (χ0v) is 6.15. The van der Waals surface area contributed by atoms with E-state index in [9.17, 15) is 0 Å². The van der Waals surface area contributed by atoms with E-state index in [1.165, 1.54) is 0 Å². The lowest BCUT2D eigenvalue weighted by molar-refractivity contribution is 1.58. The Morgan fingerprint density at radius 2 is 0.250 bits per heavy atom. The summed E-state index contributed by atoms with van der Waals surface area (Å²) in [6, 6.07) is 0. The average Bonchev–Trinajstić information content (AvgIpc) is 2.33. The molecule has 0 spiro atoms. The molecular weight excluding hydrogens is 156 g/mol. The topological polar surface area (TPSA) is 143 Å². The fourth-order valence-electron chi connectivity index (χ4n) is 0. The molecule has 0 unspecified atom stereocenters. The van der Waals surface area contributed by atoms with Gasteiger partial charge >= 0.3 is 0 Å². The molecule has 0 aromatic carbocycles. The Morgan fingerprint density at radius 1 is 0.250 bits per heavy atom. The summed E-state index contributed by atoms with van der Waals surface area (Å²) in [7, 11) is 0. The standard InChI is InChI=1S/6CHN/c6*1-2/h6*1H. The van der Waals surface area contributed by atoms with Crippen molar-refractivity contribution in [1.82, 2.24) is 0 Å². The fraction of sp³-hybridized carbons (Fsp3) is 0. The van der Waals surface area contributed by atoms with E-state index in [0.29, 0.717) is 0 Å². The lowest BCUT2D eigenvalue weighted by Crippen LogP contribution is -0.569. The molecule has 0 aliphatic carbocycles. The molecule has 0 aromatic rings. The maximum absolute atomic E-state index is 6.50. The van der Waals surface area contributed by atoms with E-state index < -0.39 is 0 Å². The van der Waals surface area contributed by atoms with Gasteiger partial charge in [0.05, 0.1) is 0 Å². The molecule has 12 heavy (non-hydrogen) atoms. The number of rotatable bonds is 0. The molecule has 0 fully saturated rings. The van der Waals surface area contributed by atoms with Crippen molar-refractivity contribution >= 4 is 0 Å². The maximum atomic E-state index is 6.50. The van der Waals surface area contributed by atoms with Crippen LogP contribution in [0.3, 0.4) is 0 Å². The summed E-state index contributed by atoms with van der Waals surface area (Å²) in [4.78, 5) is 0. The van der Waals surface area contributed by atoms with E-state index in [1.54, 1.807) is 0 Å². The Bertz CT molecular complexity index is 87.1. The first-order valence-electron chi connectivity index (χ1n) is 1.55. The zero-order valence-electron chi connectivity index (χ0n) is 6.15. The molecule has 0 radical (unpaired) electrons. The summed E-state index contributed by atoms with van der Waals surface area (Å²) in [5.41, 5.74) is 0. The van der Waals surface area contributed by atoms with Crippen LogP contribution >= 0.6 is 0 Å². The van der Waals surface area contributed by atoms with Gasteiger partial charge in [-0.2, -0.15) is 0 Å². The van der Waals surface area contributed by atoms with Crippen LogP contribution in [0.4, 0.5) is 0 Å². The summed E-state index contributed by atoms with van der Waals surface area (Å²) < 4.78 is 0. The third kappa shape index (κ3) is 26.2. The van der Waals surface area contributed by atoms with E-state index in [2.05, 4.69) is 39.4 Å². The zero-order chi connectivity index (χ0) is 12.0. The third-order valence-corrected chi connectivity index (χ3v) is 0. The fourth-order valence-corrected chi connectivity index (χ4v) is 0. The normalized spacial score (nSPS) is 1.00. The van der Waals surface area contributed by atoms with E-state index in [1.807, 2.05) is 0 Å². The van der Waals surface area contributed by atoms with Gasteiger partial charge in [-0.3, -0.25) is 0 Å². The van der Waals surface area contributed by atoms with Crippen LogP contribution in [0.5, 0.6) is 0 Å². The molecule has 6 nitrogen and oxygen atoms in total. The van der Waals surface area contributed by atoms with Gasteiger partial charge < -0.3 is 0 Å². The Hall–Kier alpha value is -3.06. The number of nitrogens with zero attached hydrogens (tertiary/aromatic N) is 6. The molecule has 0 atom stereocenters. The summed E-state index contributed by atoms with van der Waals surface area (Å²) in [5.74, 6) is 0. The van der Waals surface area contributed by atoms with Crippen LogP contribution in [-0.2, 0) is 0 Å². The van der Waals surface area contributed by atoms with Crippen LogP contribution in [0.25, 0.3) is 0 Å². The third-order valence-electron chi connectivity index (χ3n) is 0. The van der Waals surface area contributed by atoms with E-state index in [-0.39, 0.29) is 0 Å². The molecule has 0 aliphatic rings. The van der Waals surface area contributed by atoms with Gasteiger partial charge in [0.1, 0.15) is 0 Å². The van der Waals surface area contributed by atoms with Crippen molar-refractivity contribution in [2.24, 2.45) is 0 Å². The highest BCUT2D eigenvalue weighted by molar-refractivity contribution is 4.04. The van der Waals surface area contributed by atoms with E-state index in [4.69, 9.17) is 31.6 Å². The van der Waals surface area contributed by atoms with Crippen molar-refractivity contribution in [3.63, 3.8) is 0 Å². The average molecular weight is 162 g/mol. The second-order valence-electron chi connectivity index (χ2n) is 0. The second kappa shape index (κ2) is 40.8. The van der Waals surface area contributed by atoms with Gasteiger partial charge in [-0.05, 0) is 0 Å². The summed E-state index contributed by atoms with van der Waals surface area (Å²) in [6.07, 6.45) is 0. The number of hydrogen-bond acceptors (Lipinski definition) is 6. The Labute approximate surface area is 71.9 Å². The van der Waals surface area contributed by atoms with Gasteiger partial charge in [0.15, 0.2) is 0 Å². The van der Waals surface area contributed by atoms with Gasteiger partial charge in [0, 0.05) is 39.4 Å². The van der Waals surface area contributed by atoms with Crippen LogP contribution in [-0.4, -0.2) is 0 Å². The Morgan fingerprint density at radius 3 is 0.250 bits per heavy atom. The molecule has 0 aliphatic heterocycles. The van der Waals surface area contributed by atoms with Gasteiger partial charge in [0.2, 0.25) is 0 Å². The molecule has 0 N–H and O–H groups in total. The first-order chi connectivity index (χ1) is 6.00. The van der Waals surface area contributed by atoms with Crippen LogP contribution in [0.1, 0.15) is 0 Å². The minimum Gasteiger partial charge on any atom is -0.202 e. The molecular formula is C6H6N6. The van der Waals surface area contributed by atoms with Crippen molar-refractivity contribution < 1.29 is 0 Å². The summed E-state index contributed by atoms with van der Waals surface area (Å²) in [5, 5.41) is 39.0. The smallest absolute Gasteiger partial charge is 0.0462 e. The predicted octanol–water partition coefficient (Wildman–Crippen LogP) is 0.839. The molecule has 0 rings (SSSR count). The lowest BCUT2D eigenvalue weighted by Gasteiger charge is -0.668. The van der Waals surface area contributed by atoms with Gasteiger partial charge in [-0.25, -0.2) is 31.6 Å². The van der Waals surface area contributed by atoms with E-state index in [0.717, 1.165) is 0 Å². The molecule has 60 valence electrons. The quantitative estimate of drug-likeness (QED) is 0.516. The highest BCUT2D eigenvalue weighted by atomic mass is 14.2. The van der Waals surface area contributed by atoms with Crippen molar-refractivity contribution in [3.8, 4) is 39.4 Å². The van der Waals surface area contributed by atoms with Gasteiger partial charge in [0.25, 0.3) is 0 Å². The predicted molar refractivity (Wildman–Crippen MR) is 40.0 cm³/mol. The van der Waals surface area contributed by atoms with E-state index >= 15 is 0 Å². The monoisotopic (exact) mass is 162 g/mol. The van der Waals surface area contributed by atoms with Crippen LogP contribution < -0.4 is 0 Å². The molecule has 0 heterocycles. The van der Waals surface area contributed by atoms with Crippen molar-refractivity contribution in [1.29, 1.82) is 31.6 Å². The Kier molecular flexibility index (Phi) is 222. The highest BCUT2D eigenvalue weighted by Gasteiger charge is 0.523. The maximum Gasteiger partial charge on any atom is 0.0462 e. The van der Waals surface area contributed by atoms with Crippen molar-refractivity contribution in [2.75, 3.05) is 0 Å². The molecule has 6 heteroatoms. The van der Waals surface area contributed by atoms with Crippen molar-refractivity contribution in [2.45, 2.75) is 0 Å². The molecule has 0 aromatic heterocycles. The van der Waals surface area contributed by atoms with Crippen LogP contribution in [0.15, 0.2) is 0 Å². The largest absolute Gasteiger partial charge is 0.202 e. The number of hydrogen-bond donors (Lipinski definition) is 0. The first kappa shape index (κ1) is 65.2.